The summed E-state index contributed by atoms with van der Waals surface area (Å²) in [4.78, 5) is 25.9. The van der Waals surface area contributed by atoms with Gasteiger partial charge in [-0.3, -0.25) is 9.59 Å². The second-order valence-electron chi connectivity index (χ2n) is 7.63. The molecule has 3 aromatic rings. The van der Waals surface area contributed by atoms with Gasteiger partial charge >= 0.3 is 0 Å². The molecule has 9 heteroatoms. The van der Waals surface area contributed by atoms with Crippen molar-refractivity contribution in [1.82, 2.24) is 0 Å². The quantitative estimate of drug-likeness (QED) is 0.337. The molecule has 196 valence electrons. The van der Waals surface area contributed by atoms with Crippen LogP contribution in [0, 0.1) is 0 Å². The number of amides is 2. The van der Waals surface area contributed by atoms with Crippen molar-refractivity contribution >= 4 is 23.2 Å². The highest BCUT2D eigenvalue weighted by Crippen LogP contribution is 2.40. The maximum Gasteiger partial charge on any atom is 0.256 e. The van der Waals surface area contributed by atoms with Crippen LogP contribution in [0.25, 0.3) is 0 Å². The van der Waals surface area contributed by atoms with Crippen molar-refractivity contribution in [3.05, 3.63) is 65.7 Å². The number of carbonyl (C=O) groups is 2. The Morgan fingerprint density at radius 2 is 1.08 bits per heavy atom. The van der Waals surface area contributed by atoms with Crippen LogP contribution in [-0.4, -0.2) is 45.9 Å². The van der Waals surface area contributed by atoms with E-state index in [0.29, 0.717) is 71.1 Å². The zero-order valence-corrected chi connectivity index (χ0v) is 21.7. The molecule has 37 heavy (non-hydrogen) atoms. The van der Waals surface area contributed by atoms with Gasteiger partial charge in [0.05, 0.1) is 45.4 Å². The van der Waals surface area contributed by atoms with Crippen molar-refractivity contribution in [2.75, 3.05) is 44.7 Å². The zero-order chi connectivity index (χ0) is 26.8. The van der Waals surface area contributed by atoms with Crippen LogP contribution >= 0.6 is 0 Å². The first-order chi connectivity index (χ1) is 17.9. The first-order valence-corrected chi connectivity index (χ1v) is 12.0. The fourth-order valence-corrected chi connectivity index (χ4v) is 3.59. The van der Waals surface area contributed by atoms with Gasteiger partial charge in [0.1, 0.15) is 11.5 Å². The summed E-state index contributed by atoms with van der Waals surface area (Å²) in [5.41, 5.74) is 1.54. The molecule has 0 saturated heterocycles. The Labute approximate surface area is 216 Å². The Balaban J connectivity index is 1.93. The highest BCUT2D eigenvalue weighted by atomic mass is 16.5. The van der Waals surface area contributed by atoms with Crippen LogP contribution in [-0.2, 0) is 0 Å². The van der Waals surface area contributed by atoms with Gasteiger partial charge in [-0.1, -0.05) is 18.2 Å². The van der Waals surface area contributed by atoms with Crippen LogP contribution in [0.4, 0.5) is 11.4 Å². The SMILES string of the molecule is CCOc1cc(C(=O)Nc2cc(OC)c(NC(=O)c3ccccc3)cc2OC)cc(OCC)c1OCC. The van der Waals surface area contributed by atoms with E-state index in [2.05, 4.69) is 10.6 Å². The van der Waals surface area contributed by atoms with E-state index in [9.17, 15) is 9.59 Å². The molecule has 0 aromatic heterocycles. The number of anilines is 2. The normalized spacial score (nSPS) is 10.3. The summed E-state index contributed by atoms with van der Waals surface area (Å²) >= 11 is 0. The number of rotatable bonds is 12. The summed E-state index contributed by atoms with van der Waals surface area (Å²) in [6.07, 6.45) is 0. The van der Waals surface area contributed by atoms with Gasteiger partial charge in [-0.15, -0.1) is 0 Å². The molecule has 0 unspecified atom stereocenters. The van der Waals surface area contributed by atoms with Crippen molar-refractivity contribution in [1.29, 1.82) is 0 Å². The van der Waals surface area contributed by atoms with E-state index in [-0.39, 0.29) is 5.91 Å². The van der Waals surface area contributed by atoms with Gasteiger partial charge < -0.3 is 34.3 Å². The minimum Gasteiger partial charge on any atom is -0.494 e. The Hall–Kier alpha value is -4.40. The van der Waals surface area contributed by atoms with E-state index in [1.165, 1.54) is 14.2 Å². The summed E-state index contributed by atoms with van der Waals surface area (Å²) < 4.78 is 28.1. The fraction of sp³-hybridized carbons (Fsp3) is 0.286. The number of hydrogen-bond donors (Lipinski definition) is 2. The molecule has 9 nitrogen and oxygen atoms in total. The van der Waals surface area contributed by atoms with Crippen LogP contribution in [0.3, 0.4) is 0 Å². The number of methoxy groups -OCH3 is 2. The smallest absolute Gasteiger partial charge is 0.256 e. The average molecular weight is 509 g/mol. The predicted octanol–water partition coefficient (Wildman–Crippen LogP) is 5.40. The van der Waals surface area contributed by atoms with Crippen LogP contribution in [0.5, 0.6) is 28.7 Å². The lowest BCUT2D eigenvalue weighted by atomic mass is 10.1. The number of hydrogen-bond acceptors (Lipinski definition) is 7. The standard InChI is InChI=1S/C28H32N2O7/c1-6-35-24-14-19(15-25(36-7-2)26(24)37-8-3)28(32)30-21-17-22(33-4)20(16-23(21)34-5)29-27(31)18-12-10-9-11-13-18/h9-17H,6-8H2,1-5H3,(H,29,31)(H,30,32). The van der Waals surface area contributed by atoms with Crippen LogP contribution in [0.1, 0.15) is 41.5 Å². The topological polar surface area (TPSA) is 104 Å². The Bertz CT molecular complexity index is 1200. The van der Waals surface area contributed by atoms with E-state index >= 15 is 0 Å². The third-order valence-electron chi connectivity index (χ3n) is 5.23. The first-order valence-electron chi connectivity index (χ1n) is 12.0. The van der Waals surface area contributed by atoms with Gasteiger partial charge in [0, 0.05) is 23.3 Å². The highest BCUT2D eigenvalue weighted by molar-refractivity contribution is 6.08. The molecule has 0 atom stereocenters. The summed E-state index contributed by atoms with van der Waals surface area (Å²) in [6.45, 7) is 6.74. The third-order valence-corrected chi connectivity index (χ3v) is 5.23. The Morgan fingerprint density at radius 3 is 1.51 bits per heavy atom. The second-order valence-corrected chi connectivity index (χ2v) is 7.63. The molecule has 0 aliphatic heterocycles. The molecule has 0 aliphatic carbocycles. The van der Waals surface area contributed by atoms with Crippen LogP contribution in [0.15, 0.2) is 54.6 Å². The Morgan fingerprint density at radius 1 is 0.622 bits per heavy atom. The van der Waals surface area contributed by atoms with Crippen molar-refractivity contribution < 1.29 is 33.3 Å². The summed E-state index contributed by atoms with van der Waals surface area (Å²) in [7, 11) is 2.94. The first kappa shape index (κ1) is 27.2. The van der Waals surface area contributed by atoms with Crippen molar-refractivity contribution in [2.45, 2.75) is 20.8 Å². The fourth-order valence-electron chi connectivity index (χ4n) is 3.59. The number of benzene rings is 3. The largest absolute Gasteiger partial charge is 0.494 e. The van der Waals surface area contributed by atoms with Crippen molar-refractivity contribution in [3.63, 3.8) is 0 Å². The van der Waals surface area contributed by atoms with E-state index in [1.54, 1.807) is 48.5 Å². The maximum atomic E-state index is 13.3. The van der Waals surface area contributed by atoms with E-state index in [0.717, 1.165) is 0 Å². The molecule has 3 aromatic carbocycles. The van der Waals surface area contributed by atoms with Gasteiger partial charge in [0.15, 0.2) is 11.5 Å². The molecule has 2 N–H and O–H groups in total. The summed E-state index contributed by atoms with van der Waals surface area (Å²) in [5.74, 6) is 1.20. The lowest BCUT2D eigenvalue weighted by Gasteiger charge is -2.18. The summed E-state index contributed by atoms with van der Waals surface area (Å²) in [6, 6.07) is 15.2. The van der Waals surface area contributed by atoms with Gasteiger partial charge in [0.25, 0.3) is 11.8 Å². The minimum absolute atomic E-state index is 0.304. The van der Waals surface area contributed by atoms with Crippen LogP contribution < -0.4 is 34.3 Å². The van der Waals surface area contributed by atoms with Crippen molar-refractivity contribution in [2.24, 2.45) is 0 Å². The molecule has 0 fully saturated rings. The average Bonchev–Trinajstić information content (AvgIpc) is 2.91. The van der Waals surface area contributed by atoms with Gasteiger partial charge in [-0.05, 0) is 45.0 Å². The van der Waals surface area contributed by atoms with E-state index in [4.69, 9.17) is 23.7 Å². The second kappa shape index (κ2) is 13.1. The maximum absolute atomic E-state index is 13.3. The monoisotopic (exact) mass is 508 g/mol. The van der Waals surface area contributed by atoms with Gasteiger partial charge in [-0.2, -0.15) is 0 Å². The molecule has 2 amide bonds. The van der Waals surface area contributed by atoms with Gasteiger partial charge in [0.2, 0.25) is 5.75 Å². The molecule has 0 radical (unpaired) electrons. The molecule has 0 heterocycles. The number of carbonyl (C=O) groups excluding carboxylic acids is 2. The van der Waals surface area contributed by atoms with E-state index < -0.39 is 5.91 Å². The zero-order valence-electron chi connectivity index (χ0n) is 21.7. The number of ether oxygens (including phenoxy) is 5. The van der Waals surface area contributed by atoms with Crippen LogP contribution in [0.2, 0.25) is 0 Å². The highest BCUT2D eigenvalue weighted by Gasteiger charge is 2.21. The molecular formula is C28H32N2O7. The number of nitrogens with one attached hydrogen (secondary N) is 2. The molecular weight excluding hydrogens is 476 g/mol. The molecule has 0 saturated carbocycles. The molecule has 0 spiro atoms. The van der Waals surface area contributed by atoms with E-state index in [1.807, 2.05) is 26.8 Å². The third kappa shape index (κ3) is 6.63. The van der Waals surface area contributed by atoms with Crippen molar-refractivity contribution in [3.8, 4) is 28.7 Å². The molecule has 0 bridgehead atoms. The Kier molecular flexibility index (Phi) is 9.60. The molecule has 3 rings (SSSR count). The minimum atomic E-state index is -0.425. The predicted molar refractivity (Wildman–Crippen MR) is 142 cm³/mol. The lowest BCUT2D eigenvalue weighted by molar-refractivity contribution is 0.101. The molecule has 0 aliphatic rings. The van der Waals surface area contributed by atoms with Gasteiger partial charge in [-0.25, -0.2) is 0 Å². The summed E-state index contributed by atoms with van der Waals surface area (Å²) in [5, 5.41) is 5.67. The lowest BCUT2D eigenvalue weighted by Crippen LogP contribution is -2.15.